The number of hydrogen-bond acceptors (Lipinski definition) is 0. The van der Waals surface area contributed by atoms with Gasteiger partial charge in [-0.3, -0.25) is 0 Å². The van der Waals surface area contributed by atoms with Crippen molar-refractivity contribution in [2.75, 3.05) is 0 Å². The Bertz CT molecular complexity index is 591. The molecule has 0 saturated heterocycles. The average molecular weight is 394 g/mol. The Morgan fingerprint density at radius 2 is 1.58 bits per heavy atom. The van der Waals surface area contributed by atoms with Gasteiger partial charge >= 0.3 is 0 Å². The van der Waals surface area contributed by atoms with E-state index in [0.29, 0.717) is 12.3 Å². The summed E-state index contributed by atoms with van der Waals surface area (Å²) in [6.45, 7) is 2.20. The van der Waals surface area contributed by atoms with Crippen LogP contribution >= 0.6 is 11.2 Å². The smallest absolute Gasteiger partial charge is 0.237 e. The van der Waals surface area contributed by atoms with Gasteiger partial charge in [0, 0.05) is 0 Å². The lowest BCUT2D eigenvalue weighted by Crippen LogP contribution is -2.40. The van der Waals surface area contributed by atoms with Gasteiger partial charge in [-0.2, -0.15) is 0 Å². The lowest BCUT2D eigenvalue weighted by molar-refractivity contribution is -0.0273. The summed E-state index contributed by atoms with van der Waals surface area (Å²) < 4.78 is 68.4. The Kier molecular flexibility index (Phi) is 5.90. The zero-order valence-electron chi connectivity index (χ0n) is 15.1. The van der Waals surface area contributed by atoms with Crippen LogP contribution in [-0.4, -0.2) is 6.17 Å². The molecule has 6 heteroatoms. The van der Waals surface area contributed by atoms with E-state index in [-0.39, 0.29) is 24.3 Å². The first kappa shape index (κ1) is 20.0. The molecule has 0 N–H and O–H groups in total. The van der Waals surface area contributed by atoms with Gasteiger partial charge in [0.05, 0.1) is 4.90 Å². The van der Waals surface area contributed by atoms with E-state index in [9.17, 15) is 16.0 Å². The molecule has 0 radical (unpaired) electrons. The second-order valence-corrected chi connectivity index (χ2v) is 9.27. The van der Waals surface area contributed by atoms with Crippen molar-refractivity contribution in [1.29, 1.82) is 0 Å². The van der Waals surface area contributed by atoms with E-state index < -0.39 is 27.9 Å². The summed E-state index contributed by atoms with van der Waals surface area (Å²) >= 11 is -5.33. The molecule has 148 valence electrons. The number of alkyl halides is 2. The predicted octanol–water partition coefficient (Wildman–Crippen LogP) is 8.02. The standard InChI is InChI=1S/C20H27F5S/c1-2-14-3-5-15(6-4-14)16-11-12-20(22,19(21)13-16)17-7-9-18(10-8-17)26(23,24)25/h7-10,14-16,19H,2-6,11-13H2,1H3/t14-,15-,16?,19?,20?. The van der Waals surface area contributed by atoms with E-state index in [4.69, 9.17) is 0 Å². The van der Waals surface area contributed by atoms with E-state index in [1.807, 2.05) is 0 Å². The first-order valence-electron chi connectivity index (χ1n) is 9.59. The van der Waals surface area contributed by atoms with Gasteiger partial charge in [-0.25, -0.2) is 8.78 Å². The normalized spacial score (nSPS) is 36.7. The van der Waals surface area contributed by atoms with Crippen LogP contribution in [0.4, 0.5) is 20.4 Å². The molecule has 26 heavy (non-hydrogen) atoms. The van der Waals surface area contributed by atoms with Crippen molar-refractivity contribution >= 4 is 11.2 Å². The summed E-state index contributed by atoms with van der Waals surface area (Å²) in [6.07, 6.45) is 4.95. The van der Waals surface area contributed by atoms with Crippen LogP contribution in [0.2, 0.25) is 0 Å². The topological polar surface area (TPSA) is 0 Å². The molecule has 1 aromatic rings. The van der Waals surface area contributed by atoms with Crippen molar-refractivity contribution in [1.82, 2.24) is 0 Å². The van der Waals surface area contributed by atoms with Gasteiger partial charge in [0.1, 0.15) is 6.17 Å². The number of benzene rings is 1. The van der Waals surface area contributed by atoms with Crippen molar-refractivity contribution in [3.63, 3.8) is 0 Å². The Hall–Kier alpha value is -0.780. The second-order valence-electron chi connectivity index (χ2n) is 7.98. The molecule has 0 spiro atoms. The molecule has 2 fully saturated rings. The molecular formula is C20H27F5S. The maximum atomic E-state index is 15.3. The Balaban J connectivity index is 1.66. The minimum atomic E-state index is -5.33. The minimum Gasteiger partial charge on any atom is -0.244 e. The van der Waals surface area contributed by atoms with Crippen molar-refractivity contribution in [2.45, 2.75) is 75.0 Å². The van der Waals surface area contributed by atoms with Crippen LogP contribution in [0.1, 0.15) is 63.9 Å². The van der Waals surface area contributed by atoms with Gasteiger partial charge in [-0.15, -0.1) is 11.7 Å². The summed E-state index contributed by atoms with van der Waals surface area (Å²) in [7, 11) is 0. The first-order chi connectivity index (χ1) is 12.2. The lowest BCUT2D eigenvalue weighted by Gasteiger charge is -2.42. The third kappa shape index (κ3) is 4.05. The van der Waals surface area contributed by atoms with E-state index in [1.54, 1.807) is 0 Å². The summed E-state index contributed by atoms with van der Waals surface area (Å²) in [6, 6.07) is 4.01. The van der Waals surface area contributed by atoms with Crippen LogP contribution in [-0.2, 0) is 5.67 Å². The predicted molar refractivity (Wildman–Crippen MR) is 96.4 cm³/mol. The number of hydrogen-bond donors (Lipinski definition) is 0. The summed E-state index contributed by atoms with van der Waals surface area (Å²) in [5, 5.41) is 0. The van der Waals surface area contributed by atoms with Crippen molar-refractivity contribution in [2.24, 2.45) is 17.8 Å². The van der Waals surface area contributed by atoms with E-state index >= 15 is 4.39 Å². The maximum absolute atomic E-state index is 15.3. The largest absolute Gasteiger partial charge is 0.244 e. The zero-order valence-corrected chi connectivity index (χ0v) is 15.9. The molecule has 0 aliphatic heterocycles. The maximum Gasteiger partial charge on any atom is 0.237 e. The monoisotopic (exact) mass is 394 g/mol. The molecule has 3 atom stereocenters. The second kappa shape index (κ2) is 7.69. The molecule has 0 aromatic heterocycles. The van der Waals surface area contributed by atoms with Crippen LogP contribution in [0.5, 0.6) is 0 Å². The van der Waals surface area contributed by atoms with Crippen LogP contribution < -0.4 is 0 Å². The number of halogens is 5. The van der Waals surface area contributed by atoms with Crippen LogP contribution in [0.3, 0.4) is 0 Å². The van der Waals surface area contributed by atoms with Crippen LogP contribution in [0.25, 0.3) is 0 Å². The highest BCUT2D eigenvalue weighted by Crippen LogP contribution is 2.61. The van der Waals surface area contributed by atoms with E-state index in [0.717, 1.165) is 43.0 Å². The molecule has 3 unspecified atom stereocenters. The molecule has 2 aliphatic rings. The van der Waals surface area contributed by atoms with Crippen molar-refractivity contribution < 1.29 is 20.4 Å². The quantitative estimate of drug-likeness (QED) is 0.454. The fourth-order valence-electron chi connectivity index (χ4n) is 4.83. The Morgan fingerprint density at radius 1 is 0.962 bits per heavy atom. The van der Waals surface area contributed by atoms with E-state index in [2.05, 4.69) is 6.92 Å². The Morgan fingerprint density at radius 3 is 2.08 bits per heavy atom. The summed E-state index contributed by atoms with van der Waals surface area (Å²) in [5.74, 6) is 1.44. The zero-order chi connectivity index (χ0) is 18.9. The highest BCUT2D eigenvalue weighted by atomic mass is 32.3. The number of rotatable bonds is 4. The average Bonchev–Trinajstić information content (AvgIpc) is 2.63. The first-order valence-corrected chi connectivity index (χ1v) is 10.9. The fraction of sp³-hybridized carbons (Fsp3) is 0.700. The fourth-order valence-corrected chi connectivity index (χ4v) is 5.27. The van der Waals surface area contributed by atoms with Gasteiger partial charge in [0.25, 0.3) is 0 Å². The van der Waals surface area contributed by atoms with Crippen molar-refractivity contribution in [3.8, 4) is 0 Å². The molecule has 0 nitrogen and oxygen atoms in total. The SMILES string of the molecule is CC[C@H]1CC[C@H](C2CCC(F)(c3ccc(S(F)(F)F)cc3)C(F)C2)CC1. The summed E-state index contributed by atoms with van der Waals surface area (Å²) in [4.78, 5) is -0.748. The molecular weight excluding hydrogens is 367 g/mol. The molecule has 0 amide bonds. The lowest BCUT2D eigenvalue weighted by atomic mass is 9.66. The van der Waals surface area contributed by atoms with Crippen LogP contribution in [0.15, 0.2) is 29.2 Å². The van der Waals surface area contributed by atoms with Crippen LogP contribution in [0, 0.1) is 17.8 Å². The molecule has 1 aromatic carbocycles. The summed E-state index contributed by atoms with van der Waals surface area (Å²) in [5.41, 5.74) is -2.11. The third-order valence-corrected chi connectivity index (χ3v) is 7.43. The van der Waals surface area contributed by atoms with Gasteiger partial charge < -0.3 is 0 Å². The minimum absolute atomic E-state index is 0.0468. The molecule has 3 rings (SSSR count). The van der Waals surface area contributed by atoms with Gasteiger partial charge in [-0.1, -0.05) is 38.3 Å². The van der Waals surface area contributed by atoms with E-state index in [1.165, 1.54) is 19.3 Å². The van der Waals surface area contributed by atoms with Gasteiger partial charge in [0.2, 0.25) is 11.2 Å². The van der Waals surface area contributed by atoms with Crippen molar-refractivity contribution in [3.05, 3.63) is 29.8 Å². The molecule has 2 saturated carbocycles. The molecule has 2 aliphatic carbocycles. The third-order valence-electron chi connectivity index (χ3n) is 6.62. The van der Waals surface area contributed by atoms with Gasteiger partial charge in [-0.05, 0) is 67.6 Å². The molecule has 0 heterocycles. The molecule has 0 bridgehead atoms. The highest BCUT2D eigenvalue weighted by Gasteiger charge is 2.47. The Labute approximate surface area is 154 Å². The van der Waals surface area contributed by atoms with Gasteiger partial charge in [0.15, 0.2) is 5.67 Å². The highest BCUT2D eigenvalue weighted by molar-refractivity contribution is 8.20.